The van der Waals surface area contributed by atoms with Crippen LogP contribution in [0, 0.1) is 0 Å². The second-order valence-corrected chi connectivity index (χ2v) is 9.62. The fourth-order valence-corrected chi connectivity index (χ4v) is 4.68. The van der Waals surface area contributed by atoms with Crippen molar-refractivity contribution < 1.29 is 19.1 Å². The van der Waals surface area contributed by atoms with E-state index in [1.807, 2.05) is 35.7 Å². The number of halogens is 2. The number of rotatable bonds is 9. The maximum atomic E-state index is 13.4. The molecule has 0 radical (unpaired) electrons. The van der Waals surface area contributed by atoms with E-state index in [9.17, 15) is 9.59 Å². The van der Waals surface area contributed by atoms with Gasteiger partial charge in [-0.15, -0.1) is 17.9 Å². The van der Waals surface area contributed by atoms with Gasteiger partial charge in [-0.1, -0.05) is 41.4 Å². The quantitative estimate of drug-likeness (QED) is 0.342. The second kappa shape index (κ2) is 11.5. The number of fused-ring (bicyclic) bond motifs is 1. The van der Waals surface area contributed by atoms with Crippen molar-refractivity contribution >= 4 is 52.2 Å². The first-order valence-corrected chi connectivity index (χ1v) is 12.4. The van der Waals surface area contributed by atoms with E-state index in [1.54, 1.807) is 34.4 Å². The lowest BCUT2D eigenvalue weighted by molar-refractivity contribution is -0.132. The lowest BCUT2D eigenvalue weighted by atomic mass is 10.2. The van der Waals surface area contributed by atoms with Crippen LogP contribution in [-0.4, -0.2) is 41.6 Å². The average Bonchev–Trinajstić information content (AvgIpc) is 3.51. The molecule has 1 aliphatic heterocycles. The Bertz CT molecular complexity index is 1220. The first-order chi connectivity index (χ1) is 16.9. The van der Waals surface area contributed by atoms with E-state index in [0.717, 1.165) is 10.4 Å². The lowest BCUT2D eigenvalue weighted by Crippen LogP contribution is -2.44. The van der Waals surface area contributed by atoms with Crippen molar-refractivity contribution in [3.63, 3.8) is 0 Å². The zero-order valence-corrected chi connectivity index (χ0v) is 21.0. The molecular formula is C25H23Cl2N3O4S. The largest absolute Gasteiger partial charge is 0.454 e. The number of hydrogen-bond acceptors (Lipinski definition) is 5. The number of anilines is 1. The highest BCUT2D eigenvalue weighted by Gasteiger charge is 2.23. The molecule has 0 aliphatic carbocycles. The molecule has 2 aromatic carbocycles. The van der Waals surface area contributed by atoms with Crippen LogP contribution in [0.2, 0.25) is 10.0 Å². The van der Waals surface area contributed by atoms with Crippen molar-refractivity contribution in [1.29, 1.82) is 0 Å². The Labute approximate surface area is 217 Å². The number of ether oxygens (including phenoxy) is 2. The van der Waals surface area contributed by atoms with Gasteiger partial charge in [0, 0.05) is 23.0 Å². The Hall–Kier alpha value is -3.20. The number of benzene rings is 2. The van der Waals surface area contributed by atoms with Crippen LogP contribution in [-0.2, 0) is 17.9 Å². The van der Waals surface area contributed by atoms with Crippen LogP contribution in [0.1, 0.15) is 10.4 Å². The number of thiophene rings is 1. The summed E-state index contributed by atoms with van der Waals surface area (Å²) in [5.41, 5.74) is 1.30. The summed E-state index contributed by atoms with van der Waals surface area (Å²) in [5, 5.41) is 5.46. The van der Waals surface area contributed by atoms with Crippen molar-refractivity contribution in [3.8, 4) is 11.5 Å². The van der Waals surface area contributed by atoms with E-state index < -0.39 is 6.03 Å². The molecule has 3 amide bonds. The van der Waals surface area contributed by atoms with Gasteiger partial charge in [0.25, 0.3) is 0 Å². The van der Waals surface area contributed by atoms with Crippen molar-refractivity contribution in [1.82, 2.24) is 9.80 Å². The summed E-state index contributed by atoms with van der Waals surface area (Å²) < 4.78 is 10.9. The highest BCUT2D eigenvalue weighted by molar-refractivity contribution is 7.09. The molecule has 0 unspecified atom stereocenters. The average molecular weight is 532 g/mol. The molecule has 2 heterocycles. The number of carbonyl (C=O) groups is 2. The molecule has 0 saturated carbocycles. The van der Waals surface area contributed by atoms with Crippen LogP contribution in [0.5, 0.6) is 11.5 Å². The van der Waals surface area contributed by atoms with Gasteiger partial charge >= 0.3 is 6.03 Å². The predicted molar refractivity (Wildman–Crippen MR) is 138 cm³/mol. The van der Waals surface area contributed by atoms with Gasteiger partial charge in [0.05, 0.1) is 17.3 Å². The van der Waals surface area contributed by atoms with Crippen molar-refractivity contribution in [2.24, 2.45) is 0 Å². The zero-order chi connectivity index (χ0) is 24.8. The molecule has 0 saturated heterocycles. The minimum absolute atomic E-state index is 0.140. The standard InChI is InChI=1S/C25H23Cl2N3O4S/c1-2-9-29(25(32)28-21-7-6-18(26)12-20(21)27)15-24(31)30(14-19-4-3-10-35-19)13-17-5-8-22-23(11-17)34-16-33-22/h2-8,10-12H,1,9,13-16H2,(H,28,32). The van der Waals surface area contributed by atoms with Gasteiger partial charge in [-0.25, -0.2) is 4.79 Å². The molecule has 7 nitrogen and oxygen atoms in total. The summed E-state index contributed by atoms with van der Waals surface area (Å²) in [6.45, 7) is 4.70. The summed E-state index contributed by atoms with van der Waals surface area (Å²) in [5.74, 6) is 1.12. The molecular weight excluding hydrogens is 509 g/mol. The molecule has 1 aliphatic rings. The number of carbonyl (C=O) groups excluding carboxylic acids is 2. The molecule has 4 rings (SSSR count). The van der Waals surface area contributed by atoms with Gasteiger partial charge in [0.15, 0.2) is 11.5 Å². The molecule has 3 aromatic rings. The van der Waals surface area contributed by atoms with Crippen LogP contribution in [0.3, 0.4) is 0 Å². The minimum atomic E-state index is -0.471. The highest BCUT2D eigenvalue weighted by Crippen LogP contribution is 2.33. The van der Waals surface area contributed by atoms with E-state index in [-0.39, 0.29) is 25.8 Å². The molecule has 1 aromatic heterocycles. The van der Waals surface area contributed by atoms with E-state index >= 15 is 0 Å². The molecule has 182 valence electrons. The smallest absolute Gasteiger partial charge is 0.322 e. The molecule has 0 bridgehead atoms. The maximum Gasteiger partial charge on any atom is 0.322 e. The van der Waals surface area contributed by atoms with E-state index in [1.165, 1.54) is 11.0 Å². The van der Waals surface area contributed by atoms with Crippen LogP contribution < -0.4 is 14.8 Å². The topological polar surface area (TPSA) is 71.1 Å². The normalized spacial score (nSPS) is 11.7. The summed E-state index contributed by atoms with van der Waals surface area (Å²) in [4.78, 5) is 30.5. The first kappa shape index (κ1) is 24.9. The fourth-order valence-electron chi connectivity index (χ4n) is 3.51. The number of nitrogens with one attached hydrogen (secondary N) is 1. The van der Waals surface area contributed by atoms with Crippen LogP contribution >= 0.6 is 34.5 Å². The molecule has 0 spiro atoms. The lowest BCUT2D eigenvalue weighted by Gasteiger charge is -2.27. The summed E-state index contributed by atoms with van der Waals surface area (Å²) in [7, 11) is 0. The molecule has 0 atom stereocenters. The van der Waals surface area contributed by atoms with Crippen LogP contribution in [0.25, 0.3) is 0 Å². The molecule has 10 heteroatoms. The monoisotopic (exact) mass is 531 g/mol. The SMILES string of the molecule is C=CCN(CC(=O)N(Cc1ccc2c(c1)OCO2)Cc1cccs1)C(=O)Nc1ccc(Cl)cc1Cl. The summed E-state index contributed by atoms with van der Waals surface area (Å²) >= 11 is 13.7. The number of hydrogen-bond donors (Lipinski definition) is 1. The Balaban J connectivity index is 1.49. The van der Waals surface area contributed by atoms with E-state index in [2.05, 4.69) is 11.9 Å². The van der Waals surface area contributed by atoms with Gasteiger partial charge in [-0.2, -0.15) is 0 Å². The van der Waals surface area contributed by atoms with Gasteiger partial charge in [0.1, 0.15) is 6.54 Å². The van der Waals surface area contributed by atoms with Crippen molar-refractivity contribution in [3.05, 3.63) is 87.1 Å². The fraction of sp³-hybridized carbons (Fsp3) is 0.200. The van der Waals surface area contributed by atoms with E-state index in [4.69, 9.17) is 32.7 Å². The maximum absolute atomic E-state index is 13.4. The van der Waals surface area contributed by atoms with Gasteiger partial charge in [-0.05, 0) is 47.3 Å². The molecule has 0 fully saturated rings. The first-order valence-electron chi connectivity index (χ1n) is 10.7. The third-order valence-corrected chi connectivity index (χ3v) is 6.63. The third-order valence-electron chi connectivity index (χ3n) is 5.23. The van der Waals surface area contributed by atoms with Gasteiger partial charge in [0.2, 0.25) is 12.7 Å². The number of urea groups is 1. The Morgan fingerprint density at radius 1 is 1.06 bits per heavy atom. The number of nitrogens with zero attached hydrogens (tertiary/aromatic N) is 2. The van der Waals surface area contributed by atoms with Gasteiger partial charge in [-0.3, -0.25) is 4.79 Å². The molecule has 1 N–H and O–H groups in total. The van der Waals surface area contributed by atoms with E-state index in [0.29, 0.717) is 40.3 Å². The molecule has 35 heavy (non-hydrogen) atoms. The Morgan fingerprint density at radius 3 is 2.63 bits per heavy atom. The second-order valence-electron chi connectivity index (χ2n) is 7.74. The Morgan fingerprint density at radius 2 is 1.89 bits per heavy atom. The highest BCUT2D eigenvalue weighted by atomic mass is 35.5. The summed E-state index contributed by atoms with van der Waals surface area (Å²) in [6, 6.07) is 13.8. The van der Waals surface area contributed by atoms with Crippen molar-refractivity contribution in [2.75, 3.05) is 25.2 Å². The van der Waals surface area contributed by atoms with Crippen LogP contribution in [0.15, 0.2) is 66.6 Å². The Kier molecular flexibility index (Phi) is 8.17. The number of amides is 3. The third kappa shape index (κ3) is 6.48. The van der Waals surface area contributed by atoms with Crippen molar-refractivity contribution in [2.45, 2.75) is 13.1 Å². The predicted octanol–water partition coefficient (Wildman–Crippen LogP) is 6.03. The summed E-state index contributed by atoms with van der Waals surface area (Å²) in [6.07, 6.45) is 1.57. The minimum Gasteiger partial charge on any atom is -0.454 e. The van der Waals surface area contributed by atoms with Gasteiger partial charge < -0.3 is 24.6 Å². The van der Waals surface area contributed by atoms with Crippen LogP contribution in [0.4, 0.5) is 10.5 Å². The zero-order valence-electron chi connectivity index (χ0n) is 18.7.